The molecule has 0 heterocycles. The SMILES string of the molecule is CCC(CNCC(C)C)CC1CC2CCC1C2. The molecule has 1 heteroatoms. The Morgan fingerprint density at radius 3 is 2.47 bits per heavy atom. The summed E-state index contributed by atoms with van der Waals surface area (Å²) in [6, 6.07) is 0. The third-order valence-corrected chi connectivity index (χ3v) is 5.08. The molecule has 2 bridgehead atoms. The van der Waals surface area contributed by atoms with Crippen LogP contribution in [-0.2, 0) is 0 Å². The zero-order chi connectivity index (χ0) is 12.3. The van der Waals surface area contributed by atoms with E-state index in [-0.39, 0.29) is 0 Å². The molecule has 0 aromatic rings. The van der Waals surface area contributed by atoms with Crippen molar-refractivity contribution in [3.8, 4) is 0 Å². The fourth-order valence-electron chi connectivity index (χ4n) is 4.06. The van der Waals surface area contributed by atoms with Crippen molar-refractivity contribution >= 4 is 0 Å². The second kappa shape index (κ2) is 6.22. The topological polar surface area (TPSA) is 12.0 Å². The van der Waals surface area contributed by atoms with Crippen LogP contribution in [0.4, 0.5) is 0 Å². The molecule has 2 fully saturated rings. The Morgan fingerprint density at radius 1 is 1.12 bits per heavy atom. The molecule has 0 radical (unpaired) electrons. The first-order chi connectivity index (χ1) is 8.19. The molecule has 0 amide bonds. The molecule has 17 heavy (non-hydrogen) atoms. The van der Waals surface area contributed by atoms with E-state index in [2.05, 4.69) is 26.1 Å². The van der Waals surface area contributed by atoms with Gasteiger partial charge in [-0.05, 0) is 68.4 Å². The van der Waals surface area contributed by atoms with Crippen molar-refractivity contribution in [3.63, 3.8) is 0 Å². The van der Waals surface area contributed by atoms with Gasteiger partial charge in [0.1, 0.15) is 0 Å². The summed E-state index contributed by atoms with van der Waals surface area (Å²) in [4.78, 5) is 0. The molecule has 4 atom stereocenters. The smallest absolute Gasteiger partial charge is 0.00204 e. The van der Waals surface area contributed by atoms with E-state index in [1.54, 1.807) is 25.7 Å². The van der Waals surface area contributed by atoms with E-state index in [1.807, 2.05) is 0 Å². The molecular formula is C16H31N. The molecule has 0 aromatic carbocycles. The number of nitrogens with one attached hydrogen (secondary N) is 1. The Morgan fingerprint density at radius 2 is 1.94 bits per heavy atom. The number of hydrogen-bond acceptors (Lipinski definition) is 1. The predicted molar refractivity (Wildman–Crippen MR) is 75.0 cm³/mol. The Balaban J connectivity index is 1.68. The molecule has 1 nitrogen and oxygen atoms in total. The fourth-order valence-corrected chi connectivity index (χ4v) is 4.06. The Kier molecular flexibility index (Phi) is 4.90. The molecular weight excluding hydrogens is 206 g/mol. The van der Waals surface area contributed by atoms with Gasteiger partial charge in [-0.2, -0.15) is 0 Å². The molecule has 2 rings (SSSR count). The summed E-state index contributed by atoms with van der Waals surface area (Å²) in [6.45, 7) is 9.40. The van der Waals surface area contributed by atoms with Gasteiger partial charge in [0, 0.05) is 0 Å². The monoisotopic (exact) mass is 237 g/mol. The molecule has 4 unspecified atom stereocenters. The average molecular weight is 237 g/mol. The third kappa shape index (κ3) is 3.71. The lowest BCUT2D eigenvalue weighted by Gasteiger charge is -2.26. The first kappa shape index (κ1) is 13.4. The lowest BCUT2D eigenvalue weighted by atomic mass is 9.81. The Hall–Kier alpha value is -0.0400. The summed E-state index contributed by atoms with van der Waals surface area (Å²) < 4.78 is 0. The van der Waals surface area contributed by atoms with Crippen LogP contribution in [0, 0.1) is 29.6 Å². The van der Waals surface area contributed by atoms with Crippen molar-refractivity contribution in [1.29, 1.82) is 0 Å². The highest BCUT2D eigenvalue weighted by Crippen LogP contribution is 2.50. The van der Waals surface area contributed by atoms with Gasteiger partial charge in [0.15, 0.2) is 0 Å². The Bertz CT molecular complexity index is 224. The van der Waals surface area contributed by atoms with Gasteiger partial charge in [0.2, 0.25) is 0 Å². The van der Waals surface area contributed by atoms with E-state index < -0.39 is 0 Å². The number of rotatable bonds is 7. The van der Waals surface area contributed by atoms with Gasteiger partial charge in [-0.25, -0.2) is 0 Å². The molecule has 1 N–H and O–H groups in total. The second-order valence-electron chi connectivity index (χ2n) is 7.00. The summed E-state index contributed by atoms with van der Waals surface area (Å²) in [5, 5.41) is 3.65. The van der Waals surface area contributed by atoms with Gasteiger partial charge in [-0.15, -0.1) is 0 Å². The molecule has 2 aliphatic carbocycles. The molecule has 0 aliphatic heterocycles. The van der Waals surface area contributed by atoms with Crippen LogP contribution in [0.2, 0.25) is 0 Å². The van der Waals surface area contributed by atoms with Crippen LogP contribution in [0.3, 0.4) is 0 Å². The van der Waals surface area contributed by atoms with Crippen molar-refractivity contribution in [2.75, 3.05) is 13.1 Å². The summed E-state index contributed by atoms with van der Waals surface area (Å²) >= 11 is 0. The van der Waals surface area contributed by atoms with Gasteiger partial charge in [-0.1, -0.05) is 33.6 Å². The summed E-state index contributed by atoms with van der Waals surface area (Å²) in [6.07, 6.45) is 9.09. The van der Waals surface area contributed by atoms with Gasteiger partial charge in [0.25, 0.3) is 0 Å². The fraction of sp³-hybridized carbons (Fsp3) is 1.00. The molecule has 2 saturated carbocycles. The van der Waals surface area contributed by atoms with Gasteiger partial charge in [-0.3, -0.25) is 0 Å². The zero-order valence-electron chi connectivity index (χ0n) is 12.0. The van der Waals surface area contributed by atoms with Crippen LogP contribution in [0.1, 0.15) is 59.3 Å². The van der Waals surface area contributed by atoms with Crippen LogP contribution < -0.4 is 5.32 Å². The Labute approximate surface area is 108 Å². The maximum absolute atomic E-state index is 3.65. The normalized spacial score (nSPS) is 33.5. The summed E-state index contributed by atoms with van der Waals surface area (Å²) in [5.74, 6) is 5.03. The van der Waals surface area contributed by atoms with E-state index >= 15 is 0 Å². The average Bonchev–Trinajstić information content (AvgIpc) is 2.89. The van der Waals surface area contributed by atoms with Gasteiger partial charge >= 0.3 is 0 Å². The minimum atomic E-state index is 0.787. The minimum Gasteiger partial charge on any atom is -0.316 e. The largest absolute Gasteiger partial charge is 0.316 e. The maximum Gasteiger partial charge on any atom is -0.00204 e. The minimum absolute atomic E-state index is 0.787. The highest BCUT2D eigenvalue weighted by atomic mass is 14.9. The van der Waals surface area contributed by atoms with Crippen molar-refractivity contribution in [3.05, 3.63) is 0 Å². The molecule has 0 aromatic heterocycles. The van der Waals surface area contributed by atoms with E-state index in [0.29, 0.717) is 0 Å². The molecule has 100 valence electrons. The number of hydrogen-bond donors (Lipinski definition) is 1. The zero-order valence-corrected chi connectivity index (χ0v) is 12.0. The van der Waals surface area contributed by atoms with Crippen LogP contribution in [-0.4, -0.2) is 13.1 Å². The van der Waals surface area contributed by atoms with Crippen LogP contribution >= 0.6 is 0 Å². The molecule has 2 aliphatic rings. The standard InChI is InChI=1S/C16H31N/c1-4-13(11-17-10-12(2)3)7-16-9-14-5-6-15(16)8-14/h12-17H,4-11H2,1-3H3. The lowest BCUT2D eigenvalue weighted by molar-refractivity contribution is 0.257. The van der Waals surface area contributed by atoms with E-state index in [0.717, 1.165) is 29.6 Å². The predicted octanol–water partition coefficient (Wildman–Crippen LogP) is 4.08. The third-order valence-electron chi connectivity index (χ3n) is 5.08. The first-order valence-electron chi connectivity index (χ1n) is 7.89. The van der Waals surface area contributed by atoms with Crippen LogP contribution in [0.15, 0.2) is 0 Å². The van der Waals surface area contributed by atoms with Crippen LogP contribution in [0.25, 0.3) is 0 Å². The molecule has 0 spiro atoms. The van der Waals surface area contributed by atoms with Crippen LogP contribution in [0.5, 0.6) is 0 Å². The highest BCUT2D eigenvalue weighted by Gasteiger charge is 2.39. The van der Waals surface area contributed by atoms with E-state index in [9.17, 15) is 0 Å². The van der Waals surface area contributed by atoms with Crippen molar-refractivity contribution in [1.82, 2.24) is 5.32 Å². The van der Waals surface area contributed by atoms with Crippen molar-refractivity contribution < 1.29 is 0 Å². The van der Waals surface area contributed by atoms with E-state index in [4.69, 9.17) is 0 Å². The second-order valence-corrected chi connectivity index (χ2v) is 7.00. The summed E-state index contributed by atoms with van der Waals surface area (Å²) in [5.41, 5.74) is 0. The van der Waals surface area contributed by atoms with E-state index in [1.165, 1.54) is 25.9 Å². The highest BCUT2D eigenvalue weighted by molar-refractivity contribution is 4.90. The lowest BCUT2D eigenvalue weighted by Crippen LogP contribution is -2.28. The maximum atomic E-state index is 3.65. The summed E-state index contributed by atoms with van der Waals surface area (Å²) in [7, 11) is 0. The first-order valence-corrected chi connectivity index (χ1v) is 7.89. The van der Waals surface area contributed by atoms with Crippen molar-refractivity contribution in [2.24, 2.45) is 29.6 Å². The van der Waals surface area contributed by atoms with Gasteiger partial charge in [0.05, 0.1) is 0 Å². The quantitative estimate of drug-likeness (QED) is 0.703. The van der Waals surface area contributed by atoms with Gasteiger partial charge < -0.3 is 5.32 Å². The number of fused-ring (bicyclic) bond motifs is 2. The van der Waals surface area contributed by atoms with Crippen molar-refractivity contribution in [2.45, 2.75) is 59.3 Å². The molecule has 0 saturated heterocycles.